The van der Waals surface area contributed by atoms with Crippen LogP contribution < -0.4 is 15.5 Å². The van der Waals surface area contributed by atoms with Crippen LogP contribution in [0, 0.1) is 29.6 Å². The van der Waals surface area contributed by atoms with E-state index >= 15 is 0 Å². The average molecular weight is 683 g/mol. The minimum atomic E-state index is 0.395. The summed E-state index contributed by atoms with van der Waals surface area (Å²) in [6.07, 6.45) is 45.5. The zero-order chi connectivity index (χ0) is 33.5. The van der Waals surface area contributed by atoms with Crippen LogP contribution >= 0.6 is 11.3 Å². The Morgan fingerprint density at radius 3 is 2.61 bits per heavy atom. The molecule has 0 bridgehead atoms. The highest BCUT2D eigenvalue weighted by Gasteiger charge is 2.48. The molecule has 3 heteroatoms. The minimum absolute atomic E-state index is 0.395. The predicted octanol–water partition coefficient (Wildman–Crippen LogP) is 10.5. The number of hydrogen-bond donors (Lipinski definition) is 0. The van der Waals surface area contributed by atoms with Crippen molar-refractivity contribution < 1.29 is 0 Å². The van der Waals surface area contributed by atoms with Gasteiger partial charge >= 0.3 is 0 Å². The van der Waals surface area contributed by atoms with Gasteiger partial charge in [-0.1, -0.05) is 109 Å². The highest BCUT2D eigenvalue weighted by molar-refractivity contribution is 7.26. The van der Waals surface area contributed by atoms with E-state index in [2.05, 4.69) is 137 Å². The van der Waals surface area contributed by atoms with Crippen molar-refractivity contribution in [2.24, 2.45) is 29.6 Å². The molecule has 7 unspecified atom stereocenters. The third kappa shape index (κ3) is 4.80. The van der Waals surface area contributed by atoms with Gasteiger partial charge in [0.2, 0.25) is 0 Å². The van der Waals surface area contributed by atoms with Crippen LogP contribution in [0.15, 0.2) is 115 Å². The monoisotopic (exact) mass is 682 g/mol. The van der Waals surface area contributed by atoms with Crippen molar-refractivity contribution in [3.63, 3.8) is 0 Å². The Hall–Kier alpha value is -4.34. The van der Waals surface area contributed by atoms with E-state index in [0.717, 1.165) is 25.2 Å². The van der Waals surface area contributed by atoms with Gasteiger partial charge in [0, 0.05) is 61.2 Å². The number of anilines is 1. The Labute approximate surface area is 305 Å². The van der Waals surface area contributed by atoms with E-state index in [4.69, 9.17) is 0 Å². The molecule has 2 aromatic carbocycles. The molecule has 11 rings (SSSR count). The Bertz CT molecular complexity index is 2420. The van der Waals surface area contributed by atoms with E-state index < -0.39 is 0 Å². The van der Waals surface area contributed by atoms with Gasteiger partial charge in [-0.25, -0.2) is 0 Å². The van der Waals surface area contributed by atoms with Crippen molar-refractivity contribution in [1.82, 2.24) is 4.57 Å². The number of hydrogen-bond acceptors (Lipinski definition) is 2. The maximum atomic E-state index is 2.83. The van der Waals surface area contributed by atoms with Crippen LogP contribution in [0.2, 0.25) is 0 Å². The lowest BCUT2D eigenvalue weighted by Gasteiger charge is -2.34. The van der Waals surface area contributed by atoms with Gasteiger partial charge in [0.1, 0.15) is 0 Å². The molecular formula is C48H46N2S. The largest absolute Gasteiger partial charge is 0.360 e. The molecule has 6 aliphatic carbocycles. The van der Waals surface area contributed by atoms with Crippen LogP contribution in [0.25, 0.3) is 44.1 Å². The first kappa shape index (κ1) is 30.3. The summed E-state index contributed by atoms with van der Waals surface area (Å²) in [6, 6.07) is 16.9. The fourth-order valence-corrected chi connectivity index (χ4v) is 12.2. The van der Waals surface area contributed by atoms with E-state index in [1.165, 1.54) is 91.9 Å². The second-order valence-corrected chi connectivity index (χ2v) is 17.1. The molecule has 0 spiro atoms. The zero-order valence-corrected chi connectivity index (χ0v) is 30.1. The van der Waals surface area contributed by atoms with Gasteiger partial charge in [0.25, 0.3) is 0 Å². The number of aromatic nitrogens is 1. The average Bonchev–Trinajstić information content (AvgIpc) is 3.86. The van der Waals surface area contributed by atoms with E-state index in [1.807, 2.05) is 11.3 Å². The Morgan fingerprint density at radius 1 is 0.725 bits per heavy atom. The van der Waals surface area contributed by atoms with Crippen molar-refractivity contribution in [1.29, 1.82) is 0 Å². The molecular weight excluding hydrogens is 637 g/mol. The Morgan fingerprint density at radius 2 is 1.69 bits per heavy atom. The lowest BCUT2D eigenvalue weighted by Crippen LogP contribution is -2.38. The molecule has 1 saturated heterocycles. The van der Waals surface area contributed by atoms with Gasteiger partial charge in [0.15, 0.2) is 0 Å². The molecule has 0 amide bonds. The summed E-state index contributed by atoms with van der Waals surface area (Å²) in [4.78, 5) is 2.83. The third-order valence-corrected chi connectivity index (χ3v) is 14.6. The molecule has 1 aliphatic heterocycles. The van der Waals surface area contributed by atoms with Gasteiger partial charge in [-0.2, -0.15) is 0 Å². The van der Waals surface area contributed by atoms with Crippen LogP contribution in [0.4, 0.5) is 5.69 Å². The fourth-order valence-electron chi connectivity index (χ4n) is 11.0. The molecule has 0 saturated carbocycles. The van der Waals surface area contributed by atoms with Gasteiger partial charge in [0.05, 0.1) is 16.4 Å². The van der Waals surface area contributed by atoms with Crippen molar-refractivity contribution >= 4 is 61.1 Å². The smallest absolute Gasteiger partial charge is 0.0589 e. The molecule has 3 heterocycles. The number of benzene rings is 2. The van der Waals surface area contributed by atoms with E-state index in [-0.39, 0.29) is 0 Å². The Balaban J connectivity index is 0.940. The summed E-state index contributed by atoms with van der Waals surface area (Å²) in [5.74, 6) is 2.96. The van der Waals surface area contributed by atoms with Gasteiger partial charge in [-0.15, -0.1) is 11.3 Å². The number of thiophene rings is 1. The molecule has 4 aromatic rings. The molecule has 2 aromatic heterocycles. The molecule has 0 radical (unpaired) electrons. The zero-order valence-electron chi connectivity index (χ0n) is 29.3. The molecule has 7 aliphatic rings. The highest BCUT2D eigenvalue weighted by atomic mass is 32.1. The van der Waals surface area contributed by atoms with E-state index in [0.29, 0.717) is 35.8 Å². The first-order valence-electron chi connectivity index (χ1n) is 19.7. The van der Waals surface area contributed by atoms with E-state index in [9.17, 15) is 0 Å². The predicted molar refractivity (Wildman–Crippen MR) is 218 cm³/mol. The summed E-state index contributed by atoms with van der Waals surface area (Å²) in [7, 11) is 0. The number of rotatable bonds is 4. The summed E-state index contributed by atoms with van der Waals surface area (Å²) in [6.45, 7) is 0. The normalized spacial score (nSPS) is 30.4. The summed E-state index contributed by atoms with van der Waals surface area (Å²) in [5, 5.41) is 5.78. The van der Waals surface area contributed by atoms with E-state index in [1.54, 1.807) is 5.56 Å². The standard InChI is InChI=1S/C48H46N2S/c1-2-11-31(12-3-1)32-21-25-35(26-22-32)49-42-17-7-4-13-36(42)40-29-33(23-27-44(40)49)34-24-28-45-41(30-34)37-14-5-8-18-43(37)50(45)46-19-10-16-39-38-15-6-9-20-47(38)51-48(39)46/h1-3,5-7,9-11,14-17,19-20,24-25,27-33,37,41,43,45H,4,8,12-13,18,21-23,26H2. The second kappa shape index (κ2) is 12.1. The van der Waals surface area contributed by atoms with Crippen LogP contribution in [0.5, 0.6) is 0 Å². The van der Waals surface area contributed by atoms with Gasteiger partial charge < -0.3 is 9.47 Å². The maximum absolute atomic E-state index is 2.83. The first-order valence-corrected chi connectivity index (χ1v) is 20.5. The third-order valence-electron chi connectivity index (χ3n) is 13.4. The van der Waals surface area contributed by atoms with Gasteiger partial charge in [-0.05, 0) is 99.0 Å². The Kier molecular flexibility index (Phi) is 7.20. The number of allylic oxidation sites excluding steroid dienone is 10. The lowest BCUT2D eigenvalue weighted by atomic mass is 9.77. The molecule has 254 valence electrons. The van der Waals surface area contributed by atoms with Gasteiger partial charge in [-0.3, -0.25) is 0 Å². The topological polar surface area (TPSA) is 8.17 Å². The summed E-state index contributed by atoms with van der Waals surface area (Å²) >= 11 is 1.98. The quantitative estimate of drug-likeness (QED) is 0.195. The van der Waals surface area contributed by atoms with Crippen LogP contribution in [0.1, 0.15) is 62.6 Å². The van der Waals surface area contributed by atoms with Crippen molar-refractivity contribution in [3.05, 3.63) is 137 Å². The number of nitrogens with zero attached hydrogens (tertiary/aromatic N) is 2. The number of fused-ring (bicyclic) bond motifs is 9. The molecule has 51 heavy (non-hydrogen) atoms. The SMILES string of the molecule is C1=CCC(C2CC=C(n3c4c(c5c3=CCC(C3=CC6C7C=CCCC7N(c7cccc8c7sc7ccccc78)C6C=C3)C=5)CCC=C4)CC2)C=C1. The fraction of sp³-hybridized carbons (Fsp3) is 0.333. The maximum Gasteiger partial charge on any atom is 0.0589 e. The van der Waals surface area contributed by atoms with Crippen LogP contribution in [-0.4, -0.2) is 16.7 Å². The molecule has 7 atom stereocenters. The van der Waals surface area contributed by atoms with Crippen LogP contribution in [0.3, 0.4) is 0 Å². The highest BCUT2D eigenvalue weighted by Crippen LogP contribution is 2.50. The summed E-state index contributed by atoms with van der Waals surface area (Å²) < 4.78 is 5.51. The minimum Gasteiger partial charge on any atom is -0.360 e. The second-order valence-electron chi connectivity index (χ2n) is 16.0. The van der Waals surface area contributed by atoms with Crippen molar-refractivity contribution in [2.75, 3.05) is 4.90 Å². The first-order chi connectivity index (χ1) is 25.3. The summed E-state index contributed by atoms with van der Waals surface area (Å²) in [5.41, 5.74) is 7.53. The van der Waals surface area contributed by atoms with Crippen LogP contribution in [-0.2, 0) is 6.42 Å². The molecule has 1 fully saturated rings. The lowest BCUT2D eigenvalue weighted by molar-refractivity contribution is 0.365. The van der Waals surface area contributed by atoms with Crippen molar-refractivity contribution in [2.45, 2.75) is 69.9 Å². The molecule has 0 N–H and O–H groups in total. The van der Waals surface area contributed by atoms with Crippen molar-refractivity contribution in [3.8, 4) is 0 Å². The molecule has 2 nitrogen and oxygen atoms in total.